The van der Waals surface area contributed by atoms with Crippen molar-refractivity contribution in [2.45, 2.75) is 18.8 Å². The molecule has 2 rings (SSSR count). The zero-order valence-corrected chi connectivity index (χ0v) is 15.3. The highest BCUT2D eigenvalue weighted by Gasteiger charge is 2.34. The predicted molar refractivity (Wildman–Crippen MR) is 95.0 cm³/mol. The molecule has 0 fully saturated rings. The summed E-state index contributed by atoms with van der Waals surface area (Å²) in [6.07, 6.45) is -6.36. The van der Waals surface area contributed by atoms with Gasteiger partial charge in [-0.15, -0.1) is 0 Å². The molecule has 2 aromatic carbocycles. The summed E-state index contributed by atoms with van der Waals surface area (Å²) in [6.45, 7) is -0.126. The standard InChI is InChI=1S/C18H16ClF4N3O2/c1-28-15(13-8-12(18(21,22)23)6-7-14(13)20)17(27)26(19)9-10-2-4-11(5-3-10)16(24)25/h2-8,15H,9H2,1H3,(H3,24,25). The lowest BCUT2D eigenvalue weighted by molar-refractivity contribution is -0.140. The van der Waals surface area contributed by atoms with Gasteiger partial charge >= 0.3 is 6.18 Å². The van der Waals surface area contributed by atoms with Crippen LogP contribution in [0.5, 0.6) is 0 Å². The predicted octanol–water partition coefficient (Wildman–Crippen LogP) is 4.00. The molecule has 0 aromatic heterocycles. The second-order valence-corrected chi connectivity index (χ2v) is 6.23. The van der Waals surface area contributed by atoms with Crippen molar-refractivity contribution >= 4 is 23.5 Å². The first-order valence-electron chi connectivity index (χ1n) is 7.84. The van der Waals surface area contributed by atoms with Crippen molar-refractivity contribution in [3.05, 3.63) is 70.5 Å². The lowest BCUT2D eigenvalue weighted by Gasteiger charge is -2.22. The maximum Gasteiger partial charge on any atom is 0.416 e. The van der Waals surface area contributed by atoms with Crippen LogP contribution in [0.2, 0.25) is 0 Å². The van der Waals surface area contributed by atoms with E-state index in [4.69, 9.17) is 27.7 Å². The van der Waals surface area contributed by atoms with Crippen molar-refractivity contribution < 1.29 is 27.1 Å². The highest BCUT2D eigenvalue weighted by molar-refractivity contribution is 6.21. The molecule has 1 atom stereocenters. The van der Waals surface area contributed by atoms with Gasteiger partial charge in [-0.2, -0.15) is 13.2 Å². The number of nitrogens with one attached hydrogen (secondary N) is 1. The zero-order valence-electron chi connectivity index (χ0n) is 14.6. The minimum absolute atomic E-state index is 0.126. The molecule has 1 amide bonds. The van der Waals surface area contributed by atoms with Gasteiger partial charge in [-0.25, -0.2) is 8.81 Å². The number of hydrogen-bond donors (Lipinski definition) is 2. The number of nitrogen functional groups attached to an aromatic ring is 1. The normalized spacial score (nSPS) is 12.5. The van der Waals surface area contributed by atoms with Crippen molar-refractivity contribution in [3.8, 4) is 0 Å². The summed E-state index contributed by atoms with van der Waals surface area (Å²) in [5, 5.41) is 7.33. The molecule has 0 aliphatic carbocycles. The van der Waals surface area contributed by atoms with E-state index >= 15 is 0 Å². The molecule has 150 valence electrons. The summed E-state index contributed by atoms with van der Waals surface area (Å²) >= 11 is 5.97. The zero-order chi connectivity index (χ0) is 21.1. The number of carbonyl (C=O) groups excluding carboxylic acids is 1. The molecule has 0 radical (unpaired) electrons. The fourth-order valence-electron chi connectivity index (χ4n) is 2.44. The number of methoxy groups -OCH3 is 1. The number of nitrogens with zero attached hydrogens (tertiary/aromatic N) is 1. The van der Waals surface area contributed by atoms with Gasteiger partial charge in [0.25, 0.3) is 5.91 Å². The van der Waals surface area contributed by atoms with Crippen LogP contribution in [0.4, 0.5) is 17.6 Å². The first-order chi connectivity index (χ1) is 13.0. The van der Waals surface area contributed by atoms with Crippen LogP contribution < -0.4 is 5.73 Å². The van der Waals surface area contributed by atoms with E-state index in [1.165, 1.54) is 0 Å². The third kappa shape index (κ3) is 4.99. The van der Waals surface area contributed by atoms with Crippen molar-refractivity contribution in [2.24, 2.45) is 5.73 Å². The number of hydrogen-bond acceptors (Lipinski definition) is 3. The Hall–Kier alpha value is -2.65. The van der Waals surface area contributed by atoms with Crippen LogP contribution in [0.25, 0.3) is 0 Å². The largest absolute Gasteiger partial charge is 0.416 e. The molecule has 0 bridgehead atoms. The molecule has 5 nitrogen and oxygen atoms in total. The summed E-state index contributed by atoms with van der Waals surface area (Å²) in [7, 11) is 1.06. The van der Waals surface area contributed by atoms with E-state index in [0.717, 1.165) is 7.11 Å². The molecule has 2 aromatic rings. The molecule has 0 saturated carbocycles. The van der Waals surface area contributed by atoms with Gasteiger partial charge in [-0.3, -0.25) is 10.2 Å². The van der Waals surface area contributed by atoms with Crippen LogP contribution in [0.1, 0.15) is 28.4 Å². The Kier molecular flexibility index (Phi) is 6.63. The highest BCUT2D eigenvalue weighted by Crippen LogP contribution is 2.33. The second-order valence-electron chi connectivity index (χ2n) is 5.82. The first kappa shape index (κ1) is 21.6. The number of amidine groups is 1. The van der Waals surface area contributed by atoms with Crippen LogP contribution >= 0.6 is 11.8 Å². The number of ether oxygens (including phenoxy) is 1. The number of rotatable bonds is 6. The number of amides is 1. The Morgan fingerprint density at radius 3 is 2.36 bits per heavy atom. The molecule has 10 heteroatoms. The molecule has 0 aliphatic rings. The summed E-state index contributed by atoms with van der Waals surface area (Å²) in [4.78, 5) is 12.5. The fourth-order valence-corrected chi connectivity index (χ4v) is 2.66. The Balaban J connectivity index is 2.24. The lowest BCUT2D eigenvalue weighted by Crippen LogP contribution is -2.29. The topological polar surface area (TPSA) is 79.4 Å². The highest BCUT2D eigenvalue weighted by atomic mass is 35.5. The summed E-state index contributed by atoms with van der Waals surface area (Å²) in [6, 6.07) is 7.97. The molecule has 28 heavy (non-hydrogen) atoms. The SMILES string of the molecule is COC(C(=O)N(Cl)Cc1ccc(C(=N)N)cc1)c1cc(C(F)(F)F)ccc1F. The summed E-state index contributed by atoms with van der Waals surface area (Å²) in [5.41, 5.74) is 4.70. The van der Waals surface area contributed by atoms with Crippen molar-refractivity contribution in [3.63, 3.8) is 0 Å². The smallest absolute Gasteiger partial charge is 0.384 e. The van der Waals surface area contributed by atoms with Crippen LogP contribution in [-0.4, -0.2) is 23.3 Å². The van der Waals surface area contributed by atoms with Gasteiger partial charge in [0.05, 0.1) is 12.1 Å². The number of benzene rings is 2. The average Bonchev–Trinajstić information content (AvgIpc) is 2.63. The van der Waals surface area contributed by atoms with Crippen LogP contribution in [0.15, 0.2) is 42.5 Å². The first-order valence-corrected chi connectivity index (χ1v) is 8.18. The van der Waals surface area contributed by atoms with Crippen molar-refractivity contribution in [1.29, 1.82) is 5.41 Å². The molecule has 0 spiro atoms. The van der Waals surface area contributed by atoms with Crippen molar-refractivity contribution in [2.75, 3.05) is 7.11 Å². The molecular formula is C18H16ClF4N3O2. The Morgan fingerprint density at radius 2 is 1.86 bits per heavy atom. The van der Waals surface area contributed by atoms with Gasteiger partial charge < -0.3 is 10.5 Å². The van der Waals surface area contributed by atoms with Gasteiger partial charge in [0.15, 0.2) is 6.10 Å². The van der Waals surface area contributed by atoms with Gasteiger partial charge in [0.1, 0.15) is 11.7 Å². The quantitative estimate of drug-likeness (QED) is 0.323. The minimum Gasteiger partial charge on any atom is -0.384 e. The molecule has 0 saturated heterocycles. The van der Waals surface area contributed by atoms with Crippen LogP contribution in [-0.2, 0) is 22.3 Å². The Labute approximate surface area is 163 Å². The van der Waals surface area contributed by atoms with Gasteiger partial charge in [-0.05, 0) is 23.8 Å². The van der Waals surface area contributed by atoms with E-state index in [-0.39, 0.29) is 12.4 Å². The van der Waals surface area contributed by atoms with Gasteiger partial charge in [0.2, 0.25) is 0 Å². The van der Waals surface area contributed by atoms with E-state index in [0.29, 0.717) is 33.7 Å². The molecule has 1 unspecified atom stereocenters. The van der Waals surface area contributed by atoms with Crippen LogP contribution in [0.3, 0.4) is 0 Å². The summed E-state index contributed by atoms with van der Waals surface area (Å²) < 4.78 is 58.4. The van der Waals surface area contributed by atoms with Gasteiger partial charge in [-0.1, -0.05) is 24.3 Å². The Morgan fingerprint density at radius 1 is 1.25 bits per heavy atom. The second kappa shape index (κ2) is 8.57. The van der Waals surface area contributed by atoms with Crippen LogP contribution in [0, 0.1) is 11.2 Å². The van der Waals surface area contributed by atoms with Crippen molar-refractivity contribution in [1.82, 2.24) is 4.42 Å². The maximum absolute atomic E-state index is 14.1. The van der Waals surface area contributed by atoms with E-state index in [1.54, 1.807) is 24.3 Å². The third-order valence-electron chi connectivity index (χ3n) is 3.89. The fraction of sp³-hybridized carbons (Fsp3) is 0.222. The van der Waals surface area contributed by atoms with E-state index in [2.05, 4.69) is 0 Å². The van der Waals surface area contributed by atoms with E-state index < -0.39 is 35.1 Å². The third-order valence-corrected chi connectivity index (χ3v) is 4.18. The summed E-state index contributed by atoms with van der Waals surface area (Å²) in [5.74, 6) is -2.09. The molecule has 0 heterocycles. The average molecular weight is 418 g/mol. The molecule has 3 N–H and O–H groups in total. The molecular weight excluding hydrogens is 402 g/mol. The number of alkyl halides is 3. The lowest BCUT2D eigenvalue weighted by atomic mass is 10.0. The maximum atomic E-state index is 14.1. The van der Waals surface area contributed by atoms with E-state index in [1.807, 2.05) is 0 Å². The number of carbonyl (C=O) groups is 1. The Bertz CT molecular complexity index is 872. The molecule has 0 aliphatic heterocycles. The number of nitrogens with two attached hydrogens (primary N) is 1. The number of halogens is 5. The van der Waals surface area contributed by atoms with Gasteiger partial charge in [0, 0.05) is 30.0 Å². The van der Waals surface area contributed by atoms with E-state index in [9.17, 15) is 22.4 Å². The monoisotopic (exact) mass is 417 g/mol. The minimum atomic E-state index is -4.71.